The molecule has 1 heterocycles. The molecule has 0 unspecified atom stereocenters. The number of nitrogen functional groups attached to an aromatic ring is 1. The van der Waals surface area contributed by atoms with E-state index in [1.54, 1.807) is 11.8 Å². The molecule has 3 nitrogen and oxygen atoms in total. The molecule has 2 N–H and O–H groups in total. The highest BCUT2D eigenvalue weighted by molar-refractivity contribution is 7.98. The van der Waals surface area contributed by atoms with E-state index in [9.17, 15) is 0 Å². The van der Waals surface area contributed by atoms with Gasteiger partial charge in [0.25, 0.3) is 0 Å². The Bertz CT molecular complexity index is 376. The van der Waals surface area contributed by atoms with Gasteiger partial charge in [0, 0.05) is 23.7 Å². The molecule has 1 aromatic rings. The number of nitrogens with two attached hydrogens (primary N) is 1. The van der Waals surface area contributed by atoms with Crippen molar-refractivity contribution >= 4 is 17.4 Å². The summed E-state index contributed by atoms with van der Waals surface area (Å²) in [5, 5.41) is 0. The average Bonchev–Trinajstić information content (AvgIpc) is 2.34. The van der Waals surface area contributed by atoms with Gasteiger partial charge in [-0.05, 0) is 44.3 Å². The van der Waals surface area contributed by atoms with Crippen LogP contribution >= 0.6 is 11.8 Å². The molecule has 1 aliphatic rings. The smallest absolute Gasteiger partial charge is 0.120 e. The Hall–Kier alpha value is -0.870. The van der Waals surface area contributed by atoms with Crippen molar-refractivity contribution in [2.24, 2.45) is 0 Å². The van der Waals surface area contributed by atoms with Crippen LogP contribution in [0.25, 0.3) is 0 Å². The SMILES string of the molecule is CSc1cc(OC2CCN(C)CC2)ccc1N. The fourth-order valence-corrected chi connectivity index (χ4v) is 2.60. The molecule has 17 heavy (non-hydrogen) atoms. The average molecular weight is 252 g/mol. The molecule has 0 spiro atoms. The lowest BCUT2D eigenvalue weighted by Gasteiger charge is -2.29. The lowest BCUT2D eigenvalue weighted by molar-refractivity contribution is 0.114. The van der Waals surface area contributed by atoms with Gasteiger partial charge in [0.15, 0.2) is 0 Å². The van der Waals surface area contributed by atoms with Crippen molar-refractivity contribution in [3.8, 4) is 5.75 Å². The molecule has 0 amide bonds. The number of hydrogen-bond donors (Lipinski definition) is 1. The zero-order chi connectivity index (χ0) is 12.3. The third-order valence-corrected chi connectivity index (χ3v) is 3.97. The first-order chi connectivity index (χ1) is 8.19. The molecule has 4 heteroatoms. The predicted octanol–water partition coefficient (Wildman–Crippen LogP) is 2.46. The molecule has 0 aliphatic carbocycles. The van der Waals surface area contributed by atoms with E-state index < -0.39 is 0 Å². The number of thioether (sulfide) groups is 1. The van der Waals surface area contributed by atoms with E-state index in [2.05, 4.69) is 11.9 Å². The summed E-state index contributed by atoms with van der Waals surface area (Å²) in [4.78, 5) is 3.44. The first-order valence-corrected chi connectivity index (χ1v) is 7.20. The Morgan fingerprint density at radius 1 is 1.35 bits per heavy atom. The summed E-state index contributed by atoms with van der Waals surface area (Å²) < 4.78 is 6.01. The van der Waals surface area contributed by atoms with Gasteiger partial charge in [0.2, 0.25) is 0 Å². The monoisotopic (exact) mass is 252 g/mol. The van der Waals surface area contributed by atoms with E-state index in [0.29, 0.717) is 6.10 Å². The maximum absolute atomic E-state index is 6.01. The first-order valence-electron chi connectivity index (χ1n) is 5.98. The first kappa shape index (κ1) is 12.6. The Morgan fingerprint density at radius 2 is 2.06 bits per heavy atom. The van der Waals surface area contributed by atoms with Crippen LogP contribution < -0.4 is 10.5 Å². The highest BCUT2D eigenvalue weighted by Gasteiger charge is 2.18. The summed E-state index contributed by atoms with van der Waals surface area (Å²) in [6.45, 7) is 2.24. The van der Waals surface area contributed by atoms with Gasteiger partial charge in [-0.1, -0.05) is 0 Å². The van der Waals surface area contributed by atoms with Gasteiger partial charge in [0.1, 0.15) is 11.9 Å². The topological polar surface area (TPSA) is 38.5 Å². The number of likely N-dealkylation sites (tertiary alicyclic amines) is 1. The van der Waals surface area contributed by atoms with Gasteiger partial charge in [0.05, 0.1) is 0 Å². The number of anilines is 1. The highest BCUT2D eigenvalue weighted by atomic mass is 32.2. The third kappa shape index (κ3) is 3.30. The molecule has 94 valence electrons. The number of piperidine rings is 1. The van der Waals surface area contributed by atoms with E-state index >= 15 is 0 Å². The minimum absolute atomic E-state index is 0.351. The van der Waals surface area contributed by atoms with Crippen molar-refractivity contribution in [1.82, 2.24) is 4.90 Å². The van der Waals surface area contributed by atoms with E-state index in [4.69, 9.17) is 10.5 Å². The Morgan fingerprint density at radius 3 is 2.71 bits per heavy atom. The number of rotatable bonds is 3. The highest BCUT2D eigenvalue weighted by Crippen LogP contribution is 2.28. The van der Waals surface area contributed by atoms with Crippen molar-refractivity contribution in [2.45, 2.75) is 23.8 Å². The lowest BCUT2D eigenvalue weighted by Crippen LogP contribution is -2.35. The van der Waals surface area contributed by atoms with E-state index in [-0.39, 0.29) is 0 Å². The Balaban J connectivity index is 1.99. The minimum atomic E-state index is 0.351. The van der Waals surface area contributed by atoms with E-state index in [1.807, 2.05) is 24.5 Å². The molecule has 2 rings (SSSR count). The van der Waals surface area contributed by atoms with Crippen LogP contribution in [0.5, 0.6) is 5.75 Å². The maximum atomic E-state index is 6.01. The Labute approximate surface area is 107 Å². The van der Waals surface area contributed by atoms with Crippen LogP contribution in [0.4, 0.5) is 5.69 Å². The fourth-order valence-electron chi connectivity index (χ4n) is 2.06. The van der Waals surface area contributed by atoms with Crippen molar-refractivity contribution in [3.63, 3.8) is 0 Å². The van der Waals surface area contributed by atoms with Crippen LogP contribution in [0.2, 0.25) is 0 Å². The van der Waals surface area contributed by atoms with Crippen molar-refractivity contribution in [1.29, 1.82) is 0 Å². The predicted molar refractivity (Wildman–Crippen MR) is 73.8 cm³/mol. The van der Waals surface area contributed by atoms with Crippen molar-refractivity contribution in [2.75, 3.05) is 32.1 Å². The normalized spacial score (nSPS) is 18.2. The van der Waals surface area contributed by atoms with Gasteiger partial charge >= 0.3 is 0 Å². The van der Waals surface area contributed by atoms with Gasteiger partial charge < -0.3 is 15.4 Å². The van der Waals surface area contributed by atoms with E-state index in [0.717, 1.165) is 42.3 Å². The van der Waals surface area contributed by atoms with Crippen LogP contribution in [0.3, 0.4) is 0 Å². The second-order valence-corrected chi connectivity index (χ2v) is 5.37. The Kier molecular flexibility index (Phi) is 4.18. The van der Waals surface area contributed by atoms with Gasteiger partial charge in [-0.2, -0.15) is 0 Å². The molecule has 0 bridgehead atoms. The van der Waals surface area contributed by atoms with Crippen LogP contribution in [-0.2, 0) is 0 Å². The molecule has 1 aliphatic heterocycles. The molecule has 1 fully saturated rings. The van der Waals surface area contributed by atoms with Crippen LogP contribution in [-0.4, -0.2) is 37.4 Å². The minimum Gasteiger partial charge on any atom is -0.490 e. The quantitative estimate of drug-likeness (QED) is 0.662. The zero-order valence-electron chi connectivity index (χ0n) is 10.5. The fraction of sp³-hybridized carbons (Fsp3) is 0.538. The van der Waals surface area contributed by atoms with Gasteiger partial charge in [-0.3, -0.25) is 0 Å². The van der Waals surface area contributed by atoms with Crippen LogP contribution in [0, 0.1) is 0 Å². The summed E-state index contributed by atoms with van der Waals surface area (Å²) >= 11 is 1.66. The lowest BCUT2D eigenvalue weighted by atomic mass is 10.1. The summed E-state index contributed by atoms with van der Waals surface area (Å²) in [5.41, 5.74) is 6.70. The number of hydrogen-bond acceptors (Lipinski definition) is 4. The van der Waals surface area contributed by atoms with Crippen LogP contribution in [0.1, 0.15) is 12.8 Å². The summed E-state index contributed by atoms with van der Waals surface area (Å²) in [7, 11) is 2.16. The molecule has 0 radical (unpaired) electrons. The second-order valence-electron chi connectivity index (χ2n) is 4.52. The standard InChI is InChI=1S/C13H20N2OS/c1-15-7-5-10(6-8-15)16-11-3-4-12(14)13(9-11)17-2/h3-4,9-10H,5-8,14H2,1-2H3. The van der Waals surface area contributed by atoms with E-state index in [1.165, 1.54) is 0 Å². The molecule has 0 aromatic heterocycles. The van der Waals surface area contributed by atoms with Gasteiger partial charge in [-0.25, -0.2) is 0 Å². The molecule has 1 aromatic carbocycles. The third-order valence-electron chi connectivity index (χ3n) is 3.17. The van der Waals surface area contributed by atoms with Crippen molar-refractivity contribution < 1.29 is 4.74 Å². The largest absolute Gasteiger partial charge is 0.490 e. The summed E-state index contributed by atoms with van der Waals surface area (Å²) in [6.07, 6.45) is 4.60. The molecular weight excluding hydrogens is 232 g/mol. The zero-order valence-corrected chi connectivity index (χ0v) is 11.3. The second kappa shape index (κ2) is 5.65. The maximum Gasteiger partial charge on any atom is 0.120 e. The molecule has 0 atom stereocenters. The molecule has 1 saturated heterocycles. The van der Waals surface area contributed by atoms with Crippen LogP contribution in [0.15, 0.2) is 23.1 Å². The number of ether oxygens (including phenoxy) is 1. The van der Waals surface area contributed by atoms with Crippen molar-refractivity contribution in [3.05, 3.63) is 18.2 Å². The number of benzene rings is 1. The molecule has 0 saturated carbocycles. The molecular formula is C13H20N2OS. The summed E-state index contributed by atoms with van der Waals surface area (Å²) in [6, 6.07) is 5.93. The number of nitrogens with zero attached hydrogens (tertiary/aromatic N) is 1. The van der Waals surface area contributed by atoms with Gasteiger partial charge in [-0.15, -0.1) is 11.8 Å². The summed E-state index contributed by atoms with van der Waals surface area (Å²) in [5.74, 6) is 0.943.